The number of rotatable bonds is 13. The molecule has 1 heterocycles. The largest absolute Gasteiger partial charge is 0.481 e. The van der Waals surface area contributed by atoms with Gasteiger partial charge in [0.1, 0.15) is 4.21 Å². The molecule has 7 nitrogen and oxygen atoms in total. The lowest BCUT2D eigenvalue weighted by atomic mass is 9.88. The molecule has 0 aliphatic heterocycles. The zero-order chi connectivity index (χ0) is 28.2. The third-order valence-electron chi connectivity index (χ3n) is 7.30. The summed E-state index contributed by atoms with van der Waals surface area (Å²) >= 11 is 1.17. The third-order valence-corrected chi connectivity index (χ3v) is 10.7. The highest BCUT2D eigenvalue weighted by atomic mass is 32.2. The van der Waals surface area contributed by atoms with Gasteiger partial charge in [0, 0.05) is 37.0 Å². The molecule has 4 rings (SSSR count). The highest BCUT2D eigenvalue weighted by Crippen LogP contribution is 2.33. The summed E-state index contributed by atoms with van der Waals surface area (Å²) in [6, 6.07) is 19.4. The molecule has 1 aliphatic rings. The Morgan fingerprint density at radius 1 is 1.10 bits per heavy atom. The number of benzene rings is 2. The topological polar surface area (TPSA) is 107 Å². The van der Waals surface area contributed by atoms with Gasteiger partial charge in [-0.2, -0.15) is 4.31 Å². The summed E-state index contributed by atoms with van der Waals surface area (Å²) in [6.07, 6.45) is 2.72. The lowest BCUT2D eigenvalue weighted by Crippen LogP contribution is -2.47. The molecule has 3 N–H and O–H groups in total. The van der Waals surface area contributed by atoms with E-state index in [0.717, 1.165) is 35.3 Å². The number of fused-ring (bicyclic) bond motifs is 1. The molecule has 0 fully saturated rings. The highest BCUT2D eigenvalue weighted by molar-refractivity contribution is 7.91. The van der Waals surface area contributed by atoms with Crippen molar-refractivity contribution in [3.05, 3.63) is 77.4 Å². The van der Waals surface area contributed by atoms with Crippen LogP contribution in [0.25, 0.3) is 10.4 Å². The molecule has 3 aromatic rings. The summed E-state index contributed by atoms with van der Waals surface area (Å²) < 4.78 is 27.9. The maximum atomic E-state index is 13.2. The van der Waals surface area contributed by atoms with Crippen molar-refractivity contribution >= 4 is 27.3 Å². The number of likely N-dealkylation sites (N-methyl/N-ethyl adjacent to an activating group) is 1. The number of carbonyl (C=O) groups is 1. The van der Waals surface area contributed by atoms with Gasteiger partial charge in [0.15, 0.2) is 0 Å². The number of nitrogens with zero attached hydrogens (tertiary/aromatic N) is 1. The second-order valence-corrected chi connectivity index (χ2v) is 14.5. The number of aryl methyl sites for hydroxylation is 1. The Labute approximate surface area is 235 Å². The van der Waals surface area contributed by atoms with Crippen molar-refractivity contribution in [3.8, 4) is 10.4 Å². The standard InChI is InChI=1S/C30H38N2O5S2/c1-30(2,18-22-16-23-8-4-5-9-24(23)17-22)31-19-26(33)20-32(3)39(36,37)29-14-12-27(38-29)25-10-6-7-21(15-25)11-13-28(34)35/h4-10,12,14-15,22,26,31,33H,11,13,16-20H2,1-3H3,(H,34,35). The first-order valence-electron chi connectivity index (χ1n) is 13.3. The number of aliphatic carboxylic acids is 1. The number of thiophene rings is 1. The zero-order valence-electron chi connectivity index (χ0n) is 22.8. The lowest BCUT2D eigenvalue weighted by molar-refractivity contribution is -0.136. The quantitative estimate of drug-likeness (QED) is 0.278. The molecular weight excluding hydrogens is 532 g/mol. The van der Waals surface area contributed by atoms with Crippen LogP contribution in [0.2, 0.25) is 0 Å². The summed E-state index contributed by atoms with van der Waals surface area (Å²) in [5.41, 5.74) is 4.40. The van der Waals surface area contributed by atoms with Gasteiger partial charge < -0.3 is 15.5 Å². The molecule has 0 bridgehead atoms. The number of aliphatic hydroxyl groups is 1. The van der Waals surface area contributed by atoms with Gasteiger partial charge in [-0.3, -0.25) is 4.79 Å². The van der Waals surface area contributed by atoms with Gasteiger partial charge in [0.05, 0.1) is 6.10 Å². The van der Waals surface area contributed by atoms with Gasteiger partial charge in [0.2, 0.25) is 0 Å². The minimum absolute atomic E-state index is 0.0157. The van der Waals surface area contributed by atoms with E-state index < -0.39 is 22.1 Å². The van der Waals surface area contributed by atoms with Gasteiger partial charge in [-0.05, 0) is 79.8 Å². The molecule has 0 spiro atoms. The number of sulfonamides is 1. The van der Waals surface area contributed by atoms with E-state index >= 15 is 0 Å². The second kappa shape index (κ2) is 12.3. The van der Waals surface area contributed by atoms with Crippen LogP contribution in [-0.4, -0.2) is 60.7 Å². The number of hydrogen-bond acceptors (Lipinski definition) is 6. The summed E-state index contributed by atoms with van der Waals surface area (Å²) in [5, 5.41) is 23.1. The van der Waals surface area contributed by atoms with E-state index in [1.165, 1.54) is 33.8 Å². The molecule has 1 unspecified atom stereocenters. The van der Waals surface area contributed by atoms with Crippen molar-refractivity contribution in [1.82, 2.24) is 9.62 Å². The van der Waals surface area contributed by atoms with Crippen LogP contribution in [-0.2, 0) is 34.1 Å². The Balaban J connectivity index is 1.30. The van der Waals surface area contributed by atoms with E-state index in [2.05, 4.69) is 43.4 Å². The zero-order valence-corrected chi connectivity index (χ0v) is 24.4. The molecule has 0 saturated heterocycles. The van der Waals surface area contributed by atoms with E-state index in [1.54, 1.807) is 12.1 Å². The smallest absolute Gasteiger partial charge is 0.303 e. The molecule has 39 heavy (non-hydrogen) atoms. The van der Waals surface area contributed by atoms with Gasteiger partial charge >= 0.3 is 5.97 Å². The molecule has 0 amide bonds. The van der Waals surface area contributed by atoms with Crippen LogP contribution in [0.15, 0.2) is 64.9 Å². The Morgan fingerprint density at radius 3 is 2.46 bits per heavy atom. The van der Waals surface area contributed by atoms with Crippen LogP contribution in [0.1, 0.15) is 43.4 Å². The lowest BCUT2D eigenvalue weighted by Gasteiger charge is -2.31. The van der Waals surface area contributed by atoms with Crippen molar-refractivity contribution in [2.24, 2.45) is 5.92 Å². The number of carboxylic acid groups (broad SMARTS) is 1. The van der Waals surface area contributed by atoms with E-state index in [1.807, 2.05) is 24.3 Å². The average Bonchev–Trinajstić information content (AvgIpc) is 3.54. The predicted octanol–water partition coefficient (Wildman–Crippen LogP) is 4.59. The van der Waals surface area contributed by atoms with E-state index in [4.69, 9.17) is 5.11 Å². The molecule has 0 radical (unpaired) electrons. The SMILES string of the molecule is CN(CC(O)CNC(C)(C)CC1Cc2ccccc2C1)S(=O)(=O)c1ccc(-c2cccc(CCC(=O)O)c2)s1. The fourth-order valence-corrected chi connectivity index (χ4v) is 8.06. The molecular formula is C30H38N2O5S2. The third kappa shape index (κ3) is 7.77. The van der Waals surface area contributed by atoms with E-state index in [0.29, 0.717) is 18.9 Å². The maximum absolute atomic E-state index is 13.2. The van der Waals surface area contributed by atoms with E-state index in [9.17, 15) is 18.3 Å². The Morgan fingerprint density at radius 2 is 1.79 bits per heavy atom. The molecule has 1 aliphatic carbocycles. The minimum Gasteiger partial charge on any atom is -0.481 e. The Bertz CT molecular complexity index is 1370. The molecule has 1 atom stereocenters. The number of aliphatic hydroxyl groups excluding tert-OH is 1. The van der Waals surface area contributed by atoms with Crippen LogP contribution in [0.5, 0.6) is 0 Å². The normalized spacial score (nSPS) is 15.0. The van der Waals surface area contributed by atoms with Gasteiger partial charge in [-0.25, -0.2) is 8.42 Å². The second-order valence-electron chi connectivity index (χ2n) is 11.2. The predicted molar refractivity (Wildman–Crippen MR) is 156 cm³/mol. The van der Waals surface area contributed by atoms with Crippen molar-refractivity contribution in [2.75, 3.05) is 20.1 Å². The van der Waals surface area contributed by atoms with Crippen molar-refractivity contribution in [2.45, 2.75) is 61.8 Å². The number of nitrogens with one attached hydrogen (secondary N) is 1. The monoisotopic (exact) mass is 570 g/mol. The van der Waals surface area contributed by atoms with E-state index in [-0.39, 0.29) is 22.7 Å². The van der Waals surface area contributed by atoms with Crippen LogP contribution >= 0.6 is 11.3 Å². The maximum Gasteiger partial charge on any atom is 0.303 e. The number of hydrogen-bond donors (Lipinski definition) is 3. The summed E-state index contributed by atoms with van der Waals surface area (Å²) in [4.78, 5) is 11.7. The molecule has 2 aromatic carbocycles. The first-order valence-corrected chi connectivity index (χ1v) is 15.6. The average molecular weight is 571 g/mol. The van der Waals surface area contributed by atoms with Gasteiger partial charge in [0.25, 0.3) is 10.0 Å². The first-order chi connectivity index (χ1) is 18.4. The molecule has 210 valence electrons. The molecule has 9 heteroatoms. The van der Waals surface area contributed by atoms with Crippen LogP contribution in [0.4, 0.5) is 0 Å². The highest BCUT2D eigenvalue weighted by Gasteiger charge is 2.30. The summed E-state index contributed by atoms with van der Waals surface area (Å²) in [7, 11) is -2.28. The van der Waals surface area contributed by atoms with Gasteiger partial charge in [-0.15, -0.1) is 11.3 Å². The van der Waals surface area contributed by atoms with Crippen molar-refractivity contribution in [1.29, 1.82) is 0 Å². The number of carboxylic acids is 1. The molecule has 0 saturated carbocycles. The van der Waals surface area contributed by atoms with Crippen molar-refractivity contribution in [3.63, 3.8) is 0 Å². The molecule has 1 aromatic heterocycles. The fourth-order valence-electron chi connectivity index (χ4n) is 5.34. The Hall–Kier alpha value is -2.56. The van der Waals surface area contributed by atoms with Gasteiger partial charge in [-0.1, -0.05) is 48.5 Å². The Kier molecular flexibility index (Phi) is 9.29. The summed E-state index contributed by atoms with van der Waals surface area (Å²) in [6.45, 7) is 4.55. The van der Waals surface area contributed by atoms with Crippen LogP contribution < -0.4 is 5.32 Å². The van der Waals surface area contributed by atoms with Crippen LogP contribution in [0, 0.1) is 5.92 Å². The fraction of sp³-hybridized carbons (Fsp3) is 0.433. The van der Waals surface area contributed by atoms with Crippen molar-refractivity contribution < 1.29 is 23.4 Å². The first kappa shape index (κ1) is 29.4. The van der Waals surface area contributed by atoms with Crippen LogP contribution in [0.3, 0.4) is 0 Å². The number of β-amino-alcohol motifs (C(OH)–C–C–N with tert-alkyl or cyclic N) is 1. The summed E-state index contributed by atoms with van der Waals surface area (Å²) in [5.74, 6) is -0.301. The minimum atomic E-state index is -3.77.